The highest BCUT2D eigenvalue weighted by Crippen LogP contribution is 2.45. The van der Waals surface area contributed by atoms with Crippen LogP contribution in [0.4, 0.5) is 0 Å². The van der Waals surface area contributed by atoms with Crippen LogP contribution in [0.3, 0.4) is 0 Å². The second-order valence-electron chi connectivity index (χ2n) is 11.2. The van der Waals surface area contributed by atoms with Crippen LogP contribution in [0.25, 0.3) is 33.2 Å². The quantitative estimate of drug-likeness (QED) is 0.223. The lowest BCUT2D eigenvalue weighted by molar-refractivity contribution is 0.745. The average molecular weight is 505 g/mol. The number of rotatable bonds is 5. The minimum absolute atomic E-state index is 0.393. The van der Waals surface area contributed by atoms with E-state index in [2.05, 4.69) is 149 Å². The third-order valence-corrected chi connectivity index (χ3v) is 8.53. The van der Waals surface area contributed by atoms with Gasteiger partial charge in [-0.3, -0.25) is 0 Å². The van der Waals surface area contributed by atoms with E-state index in [1.165, 1.54) is 65.7 Å². The van der Waals surface area contributed by atoms with Crippen LogP contribution in [0.15, 0.2) is 126 Å². The van der Waals surface area contributed by atoms with E-state index in [-0.39, 0.29) is 0 Å². The van der Waals surface area contributed by atoms with Gasteiger partial charge >= 0.3 is 0 Å². The second-order valence-corrected chi connectivity index (χ2v) is 11.2. The van der Waals surface area contributed by atoms with Crippen LogP contribution in [0.1, 0.15) is 55.9 Å². The summed E-state index contributed by atoms with van der Waals surface area (Å²) in [4.78, 5) is 0. The lowest BCUT2D eigenvalue weighted by atomic mass is 9.66. The van der Waals surface area contributed by atoms with Crippen LogP contribution in [-0.4, -0.2) is 0 Å². The maximum absolute atomic E-state index is 2.47. The maximum Gasteiger partial charge on any atom is 0.0634 e. The zero-order valence-corrected chi connectivity index (χ0v) is 23.5. The van der Waals surface area contributed by atoms with E-state index in [9.17, 15) is 0 Å². The van der Waals surface area contributed by atoms with Crippen LogP contribution in [0, 0.1) is 6.92 Å². The van der Waals surface area contributed by atoms with Gasteiger partial charge in [0.1, 0.15) is 0 Å². The third-order valence-electron chi connectivity index (χ3n) is 8.53. The second kappa shape index (κ2) is 10.2. The molecule has 0 aromatic heterocycles. The molecule has 39 heavy (non-hydrogen) atoms. The summed E-state index contributed by atoms with van der Waals surface area (Å²) in [6, 6.07) is 35.8. The van der Waals surface area contributed by atoms with Crippen molar-refractivity contribution >= 4 is 33.2 Å². The van der Waals surface area contributed by atoms with Crippen molar-refractivity contribution in [3.05, 3.63) is 154 Å². The van der Waals surface area contributed by atoms with E-state index in [1.54, 1.807) is 0 Å². The van der Waals surface area contributed by atoms with Gasteiger partial charge in [-0.25, -0.2) is 0 Å². The van der Waals surface area contributed by atoms with Gasteiger partial charge in [0.2, 0.25) is 0 Å². The van der Waals surface area contributed by atoms with Gasteiger partial charge in [0, 0.05) is 0 Å². The Balaban J connectivity index is 1.71. The molecule has 1 aliphatic carbocycles. The number of hydrogen-bond acceptors (Lipinski definition) is 0. The largest absolute Gasteiger partial charge is 0.0839 e. The molecule has 0 fully saturated rings. The first-order valence-electron chi connectivity index (χ1n) is 14.1. The van der Waals surface area contributed by atoms with Gasteiger partial charge in [-0.05, 0) is 95.1 Å². The highest BCUT2D eigenvalue weighted by atomic mass is 14.4. The first-order valence-corrected chi connectivity index (χ1v) is 14.1. The van der Waals surface area contributed by atoms with E-state index < -0.39 is 5.41 Å². The lowest BCUT2D eigenvalue weighted by Gasteiger charge is -2.36. The van der Waals surface area contributed by atoms with Gasteiger partial charge in [0.15, 0.2) is 0 Å². The third kappa shape index (κ3) is 4.25. The molecule has 6 rings (SSSR count). The summed E-state index contributed by atoms with van der Waals surface area (Å²) >= 11 is 0. The molecule has 0 atom stereocenters. The van der Waals surface area contributed by atoms with Crippen molar-refractivity contribution in [3.8, 4) is 0 Å². The predicted molar refractivity (Wildman–Crippen MR) is 170 cm³/mol. The fraction of sp³-hybridized carbons (Fsp3) is 0.179. The Morgan fingerprint density at radius 2 is 1.38 bits per heavy atom. The Morgan fingerprint density at radius 3 is 2.03 bits per heavy atom. The van der Waals surface area contributed by atoms with Crippen molar-refractivity contribution in [2.24, 2.45) is 0 Å². The summed E-state index contributed by atoms with van der Waals surface area (Å²) < 4.78 is 0. The first kappa shape index (κ1) is 25.1. The SMILES string of the molecule is CC1=C(C(/C=C/c2ccc3c(C)ccc4ccc(=C(C)C)c2c43)(c2ccccc2)c2ccccc2)C=CCC1. The molecule has 0 heterocycles. The van der Waals surface area contributed by atoms with E-state index in [0.717, 1.165) is 12.8 Å². The fourth-order valence-corrected chi connectivity index (χ4v) is 6.50. The summed E-state index contributed by atoms with van der Waals surface area (Å²) in [5.41, 5.74) is 8.97. The molecule has 0 spiro atoms. The van der Waals surface area contributed by atoms with Crippen molar-refractivity contribution < 1.29 is 0 Å². The molecule has 0 heteroatoms. The van der Waals surface area contributed by atoms with Crippen LogP contribution in [0.2, 0.25) is 0 Å². The van der Waals surface area contributed by atoms with Gasteiger partial charge < -0.3 is 0 Å². The van der Waals surface area contributed by atoms with E-state index >= 15 is 0 Å². The Labute approximate surface area is 232 Å². The highest BCUT2D eigenvalue weighted by Gasteiger charge is 2.36. The van der Waals surface area contributed by atoms with Crippen LogP contribution < -0.4 is 5.22 Å². The maximum atomic E-state index is 2.47. The molecule has 1 aliphatic rings. The monoisotopic (exact) mass is 504 g/mol. The average Bonchev–Trinajstić information content (AvgIpc) is 2.97. The molecule has 0 nitrogen and oxygen atoms in total. The van der Waals surface area contributed by atoms with Crippen molar-refractivity contribution in [3.63, 3.8) is 0 Å². The van der Waals surface area contributed by atoms with Gasteiger partial charge in [-0.2, -0.15) is 0 Å². The highest BCUT2D eigenvalue weighted by molar-refractivity contribution is 6.14. The summed E-state index contributed by atoms with van der Waals surface area (Å²) in [7, 11) is 0. The molecular weight excluding hydrogens is 468 g/mol. The summed E-state index contributed by atoms with van der Waals surface area (Å²) in [5, 5.41) is 6.70. The Kier molecular flexibility index (Phi) is 6.57. The van der Waals surface area contributed by atoms with Crippen LogP contribution in [-0.2, 0) is 5.41 Å². The molecule has 0 saturated carbocycles. The van der Waals surface area contributed by atoms with Crippen molar-refractivity contribution in [1.82, 2.24) is 0 Å². The standard InChI is InChI=1S/C39H36/c1-27(2)34-23-21-30-20-19-28(3)35-24-22-31(37(34)38(30)35)25-26-39(32-14-7-5-8-15-32,33-16-9-6-10-17-33)36-18-12-11-13-29(36)4/h5-10,12,14-26H,11,13H2,1-4H3/b26-25+. The molecule has 0 radical (unpaired) electrons. The van der Waals surface area contributed by atoms with Gasteiger partial charge in [-0.1, -0.05) is 133 Å². The number of benzene rings is 5. The molecule has 0 N–H and O–H groups in total. The van der Waals surface area contributed by atoms with Crippen LogP contribution >= 0.6 is 0 Å². The topological polar surface area (TPSA) is 0 Å². The smallest absolute Gasteiger partial charge is 0.0634 e. The lowest BCUT2D eigenvalue weighted by Crippen LogP contribution is -2.29. The molecular formula is C39H36. The Morgan fingerprint density at radius 1 is 0.718 bits per heavy atom. The minimum atomic E-state index is -0.393. The Hall–Kier alpha value is -4.16. The first-order chi connectivity index (χ1) is 19.0. The molecule has 0 aliphatic heterocycles. The number of hydrogen-bond donors (Lipinski definition) is 0. The molecule has 5 aromatic carbocycles. The van der Waals surface area contributed by atoms with E-state index in [0.29, 0.717) is 0 Å². The van der Waals surface area contributed by atoms with E-state index in [4.69, 9.17) is 0 Å². The minimum Gasteiger partial charge on any atom is -0.0839 e. The van der Waals surface area contributed by atoms with Crippen molar-refractivity contribution in [2.45, 2.75) is 46.0 Å². The number of allylic oxidation sites excluding steroid dienone is 5. The molecule has 0 bridgehead atoms. The molecule has 0 amide bonds. The van der Waals surface area contributed by atoms with Crippen molar-refractivity contribution in [1.29, 1.82) is 0 Å². The zero-order chi connectivity index (χ0) is 27.0. The summed E-state index contributed by atoms with van der Waals surface area (Å²) in [6.45, 7) is 8.99. The Bertz CT molecular complexity index is 1770. The normalized spacial score (nSPS) is 14.2. The molecule has 0 unspecified atom stereocenters. The van der Waals surface area contributed by atoms with Crippen LogP contribution in [0.5, 0.6) is 0 Å². The van der Waals surface area contributed by atoms with Gasteiger partial charge in [0.05, 0.1) is 5.41 Å². The van der Waals surface area contributed by atoms with E-state index in [1.807, 2.05) is 0 Å². The fourth-order valence-electron chi connectivity index (χ4n) is 6.50. The predicted octanol–water partition coefficient (Wildman–Crippen LogP) is 9.88. The van der Waals surface area contributed by atoms with Crippen molar-refractivity contribution in [2.75, 3.05) is 0 Å². The van der Waals surface area contributed by atoms with Gasteiger partial charge in [0.25, 0.3) is 0 Å². The summed E-state index contributed by atoms with van der Waals surface area (Å²) in [5.74, 6) is 0. The molecule has 5 aromatic rings. The number of aryl methyl sites for hydroxylation is 1. The molecule has 192 valence electrons. The molecule has 0 saturated heterocycles. The van der Waals surface area contributed by atoms with Gasteiger partial charge in [-0.15, -0.1) is 0 Å². The summed E-state index contributed by atoms with van der Waals surface area (Å²) in [6.07, 6.45) is 11.8. The zero-order valence-electron chi connectivity index (χ0n) is 23.5.